The first-order valence-electron chi connectivity index (χ1n) is 9.01. The highest BCUT2D eigenvalue weighted by Gasteiger charge is 2.33. The zero-order valence-corrected chi connectivity index (χ0v) is 16.9. The quantitative estimate of drug-likeness (QED) is 0.761. The smallest absolute Gasteiger partial charge is 0.369 e. The first-order valence-corrected chi connectivity index (χ1v) is 10.4. The highest BCUT2D eigenvalue weighted by molar-refractivity contribution is 7.89. The van der Waals surface area contributed by atoms with Gasteiger partial charge in [-0.1, -0.05) is 12.1 Å². The number of alkyl halides is 3. The molecule has 0 amide bonds. The Morgan fingerprint density at radius 1 is 0.893 bits per heavy atom. The van der Waals surface area contributed by atoms with E-state index in [1.54, 1.807) is 30.0 Å². The average Bonchev–Trinajstić information content (AvgIpc) is 2.65. The fourth-order valence-corrected chi connectivity index (χ4v) is 5.12. The molecule has 0 radical (unpaired) electrons. The Bertz CT molecular complexity index is 979. The van der Waals surface area contributed by atoms with Gasteiger partial charge in [-0.05, 0) is 61.7 Å². The lowest BCUT2D eigenvalue weighted by Gasteiger charge is -2.36. The molecule has 1 saturated heterocycles. The summed E-state index contributed by atoms with van der Waals surface area (Å²) in [5.41, 5.74) is 2.47. The zero-order chi connectivity index (χ0) is 20.7. The Morgan fingerprint density at radius 3 is 2.14 bits per heavy atom. The van der Waals surface area contributed by atoms with E-state index in [9.17, 15) is 21.6 Å². The summed E-state index contributed by atoms with van der Waals surface area (Å²) < 4.78 is 66.3. The summed E-state index contributed by atoms with van der Waals surface area (Å²) in [6, 6.07) is 8.57. The van der Waals surface area contributed by atoms with Crippen LogP contribution in [0, 0.1) is 20.8 Å². The maximum atomic E-state index is 13.1. The molecule has 1 aliphatic rings. The van der Waals surface area contributed by atoms with Gasteiger partial charge in [0.25, 0.3) is 0 Å². The molecule has 0 unspecified atom stereocenters. The maximum Gasteiger partial charge on any atom is 0.416 e. The number of anilines is 1. The third-order valence-electron chi connectivity index (χ3n) is 5.40. The van der Waals surface area contributed by atoms with Crippen LogP contribution < -0.4 is 4.90 Å². The van der Waals surface area contributed by atoms with Gasteiger partial charge in [0.2, 0.25) is 10.0 Å². The van der Waals surface area contributed by atoms with Gasteiger partial charge in [0.1, 0.15) is 0 Å². The van der Waals surface area contributed by atoms with Gasteiger partial charge in [0.15, 0.2) is 0 Å². The van der Waals surface area contributed by atoms with Crippen molar-refractivity contribution in [1.29, 1.82) is 0 Å². The van der Waals surface area contributed by atoms with Gasteiger partial charge in [0.05, 0.1) is 10.5 Å². The molecule has 4 nitrogen and oxygen atoms in total. The van der Waals surface area contributed by atoms with Gasteiger partial charge in [-0.3, -0.25) is 0 Å². The Hall–Kier alpha value is -2.06. The number of aryl methyl sites for hydroxylation is 1. The van der Waals surface area contributed by atoms with Crippen LogP contribution in [0.3, 0.4) is 0 Å². The van der Waals surface area contributed by atoms with Gasteiger partial charge in [-0.15, -0.1) is 0 Å². The number of hydrogen-bond donors (Lipinski definition) is 0. The molecule has 0 aliphatic carbocycles. The zero-order valence-electron chi connectivity index (χ0n) is 16.0. The topological polar surface area (TPSA) is 40.6 Å². The number of sulfonamides is 1. The second kappa shape index (κ2) is 7.40. The number of piperazine rings is 1. The lowest BCUT2D eigenvalue weighted by molar-refractivity contribution is -0.137. The van der Waals surface area contributed by atoms with Crippen LogP contribution in [0.1, 0.15) is 22.3 Å². The Balaban J connectivity index is 1.78. The van der Waals surface area contributed by atoms with Gasteiger partial charge in [-0.25, -0.2) is 8.42 Å². The fraction of sp³-hybridized carbons (Fsp3) is 0.400. The highest BCUT2D eigenvalue weighted by atomic mass is 32.2. The predicted octanol–water partition coefficient (Wildman–Crippen LogP) is 4.14. The van der Waals surface area contributed by atoms with E-state index in [2.05, 4.69) is 0 Å². The summed E-state index contributed by atoms with van der Waals surface area (Å²) in [5.74, 6) is 0. The van der Waals surface area contributed by atoms with Gasteiger partial charge >= 0.3 is 6.18 Å². The normalized spacial score (nSPS) is 16.4. The van der Waals surface area contributed by atoms with Crippen LogP contribution in [-0.4, -0.2) is 38.9 Å². The molecule has 0 spiro atoms. The van der Waals surface area contributed by atoms with E-state index in [0.29, 0.717) is 23.7 Å². The van der Waals surface area contributed by atoms with E-state index in [-0.39, 0.29) is 13.1 Å². The number of benzene rings is 2. The summed E-state index contributed by atoms with van der Waals surface area (Å²) in [4.78, 5) is 2.08. The summed E-state index contributed by atoms with van der Waals surface area (Å²) in [6.07, 6.45) is -4.40. The van der Waals surface area contributed by atoms with E-state index >= 15 is 0 Å². The summed E-state index contributed by atoms with van der Waals surface area (Å²) >= 11 is 0. The first kappa shape index (κ1) is 20.7. The molecular weight excluding hydrogens is 389 g/mol. The Labute approximate surface area is 163 Å². The average molecular weight is 412 g/mol. The van der Waals surface area contributed by atoms with Crippen molar-refractivity contribution in [2.24, 2.45) is 0 Å². The van der Waals surface area contributed by atoms with E-state index < -0.39 is 21.8 Å². The third kappa shape index (κ3) is 3.89. The molecule has 1 fully saturated rings. The molecule has 0 atom stereocenters. The molecular formula is C20H23F3N2O2S. The largest absolute Gasteiger partial charge is 0.416 e. The number of rotatable bonds is 3. The minimum Gasteiger partial charge on any atom is -0.369 e. The standard InChI is InChI=1S/C20H23F3N2O2S/c1-14-7-8-19(16(3)15(14)2)28(26,27)25-11-9-24(10-12-25)18-6-4-5-17(13-18)20(21,22)23/h4-8,13H,9-12H2,1-3H3. The van der Waals surface area contributed by atoms with Crippen molar-refractivity contribution < 1.29 is 21.6 Å². The van der Waals surface area contributed by atoms with Crippen molar-refractivity contribution in [2.45, 2.75) is 31.8 Å². The van der Waals surface area contributed by atoms with Crippen LogP contribution in [0.4, 0.5) is 18.9 Å². The van der Waals surface area contributed by atoms with Crippen molar-refractivity contribution >= 4 is 15.7 Å². The van der Waals surface area contributed by atoms with Gasteiger partial charge < -0.3 is 4.90 Å². The lowest BCUT2D eigenvalue weighted by Crippen LogP contribution is -2.48. The summed E-state index contributed by atoms with van der Waals surface area (Å²) in [5, 5.41) is 0. The first-order chi connectivity index (χ1) is 13.0. The highest BCUT2D eigenvalue weighted by Crippen LogP contribution is 2.32. The maximum absolute atomic E-state index is 13.1. The van der Waals surface area contributed by atoms with E-state index in [1.165, 1.54) is 10.4 Å². The van der Waals surface area contributed by atoms with Crippen molar-refractivity contribution in [1.82, 2.24) is 4.31 Å². The van der Waals surface area contributed by atoms with Crippen LogP contribution in [0.15, 0.2) is 41.3 Å². The molecule has 2 aromatic carbocycles. The van der Waals surface area contributed by atoms with Crippen LogP contribution in [0.5, 0.6) is 0 Å². The molecule has 1 heterocycles. The predicted molar refractivity (Wildman–Crippen MR) is 103 cm³/mol. The molecule has 0 bridgehead atoms. The molecule has 0 N–H and O–H groups in total. The second-order valence-corrected chi connectivity index (χ2v) is 8.98. The monoisotopic (exact) mass is 412 g/mol. The molecule has 3 rings (SSSR count). The van der Waals surface area contributed by atoms with Crippen molar-refractivity contribution in [3.63, 3.8) is 0 Å². The summed E-state index contributed by atoms with van der Waals surface area (Å²) in [6.45, 7) is 6.76. The van der Waals surface area contributed by atoms with Gasteiger partial charge in [0, 0.05) is 31.9 Å². The third-order valence-corrected chi connectivity index (χ3v) is 7.45. The van der Waals surface area contributed by atoms with Crippen LogP contribution in [0.2, 0.25) is 0 Å². The van der Waals surface area contributed by atoms with E-state index in [4.69, 9.17) is 0 Å². The Morgan fingerprint density at radius 2 is 1.54 bits per heavy atom. The number of nitrogens with zero attached hydrogens (tertiary/aromatic N) is 2. The fourth-order valence-electron chi connectivity index (χ4n) is 3.42. The molecule has 0 saturated carbocycles. The van der Waals surface area contributed by atoms with E-state index in [0.717, 1.165) is 28.8 Å². The van der Waals surface area contributed by atoms with Crippen molar-refractivity contribution in [3.05, 3.63) is 58.7 Å². The molecule has 2 aromatic rings. The minimum atomic E-state index is -4.40. The van der Waals surface area contributed by atoms with Crippen LogP contribution >= 0.6 is 0 Å². The lowest BCUT2D eigenvalue weighted by atomic mass is 10.1. The molecule has 28 heavy (non-hydrogen) atoms. The molecule has 152 valence electrons. The van der Waals surface area contributed by atoms with Crippen LogP contribution in [0.25, 0.3) is 0 Å². The second-order valence-electron chi connectivity index (χ2n) is 7.07. The van der Waals surface area contributed by atoms with Gasteiger partial charge in [-0.2, -0.15) is 17.5 Å². The van der Waals surface area contributed by atoms with E-state index in [1.807, 2.05) is 13.8 Å². The Kier molecular flexibility index (Phi) is 5.46. The molecule has 1 aliphatic heterocycles. The number of hydrogen-bond acceptors (Lipinski definition) is 3. The molecule has 8 heteroatoms. The molecule has 0 aromatic heterocycles. The number of halogens is 3. The minimum absolute atomic E-state index is 0.227. The SMILES string of the molecule is Cc1ccc(S(=O)(=O)N2CCN(c3cccc(C(F)(F)F)c3)CC2)c(C)c1C. The van der Waals surface area contributed by atoms with Crippen LogP contribution in [-0.2, 0) is 16.2 Å². The van der Waals surface area contributed by atoms with Crippen molar-refractivity contribution in [3.8, 4) is 0 Å². The van der Waals surface area contributed by atoms with Crippen molar-refractivity contribution in [2.75, 3.05) is 31.1 Å². The summed E-state index contributed by atoms with van der Waals surface area (Å²) in [7, 11) is -3.64.